The third kappa shape index (κ3) is 2.76. The molecule has 13 heavy (non-hydrogen) atoms. The van der Waals surface area contributed by atoms with Crippen LogP contribution in [0.2, 0.25) is 0 Å². The van der Waals surface area contributed by atoms with Crippen molar-refractivity contribution >= 4 is 11.6 Å². The molecular formula is C9H12N2O2. The standard InChI is InChI=1S/C9H12N2O2/c10-9(13)5-11-8-4-2-1-3-7(8)6-12/h1-4,11-12H,5-6H2,(H2,10,13). The topological polar surface area (TPSA) is 75.4 Å². The highest BCUT2D eigenvalue weighted by Gasteiger charge is 2.00. The maximum Gasteiger partial charge on any atom is 0.236 e. The van der Waals surface area contributed by atoms with Gasteiger partial charge in [0.2, 0.25) is 5.91 Å². The van der Waals surface area contributed by atoms with Crippen LogP contribution in [-0.4, -0.2) is 17.6 Å². The van der Waals surface area contributed by atoms with Gasteiger partial charge in [0.05, 0.1) is 13.2 Å². The van der Waals surface area contributed by atoms with Gasteiger partial charge in [-0.3, -0.25) is 4.79 Å². The Hall–Kier alpha value is -1.55. The molecule has 0 aliphatic heterocycles. The van der Waals surface area contributed by atoms with Crippen molar-refractivity contribution in [2.75, 3.05) is 11.9 Å². The molecule has 70 valence electrons. The molecule has 0 aliphatic rings. The van der Waals surface area contributed by atoms with Crippen molar-refractivity contribution in [3.05, 3.63) is 29.8 Å². The Balaban J connectivity index is 2.69. The maximum absolute atomic E-state index is 10.5. The molecule has 0 bridgehead atoms. The van der Waals surface area contributed by atoms with Crippen LogP contribution in [0.1, 0.15) is 5.56 Å². The van der Waals surface area contributed by atoms with E-state index in [0.717, 1.165) is 11.3 Å². The number of primary amides is 1. The summed E-state index contributed by atoms with van der Waals surface area (Å²) in [5.74, 6) is -0.423. The summed E-state index contributed by atoms with van der Waals surface area (Å²) < 4.78 is 0. The van der Waals surface area contributed by atoms with E-state index in [4.69, 9.17) is 10.8 Å². The SMILES string of the molecule is NC(=O)CNc1ccccc1CO. The number of hydrogen-bond donors (Lipinski definition) is 3. The fraction of sp³-hybridized carbons (Fsp3) is 0.222. The second-order valence-corrected chi connectivity index (χ2v) is 2.64. The average molecular weight is 180 g/mol. The Bertz CT molecular complexity index is 299. The van der Waals surface area contributed by atoms with Crippen LogP contribution in [0.15, 0.2) is 24.3 Å². The summed E-state index contributed by atoms with van der Waals surface area (Å²) in [7, 11) is 0. The maximum atomic E-state index is 10.5. The second kappa shape index (κ2) is 4.47. The number of amides is 1. The van der Waals surface area contributed by atoms with Gasteiger partial charge in [-0.1, -0.05) is 18.2 Å². The number of aliphatic hydroxyl groups excluding tert-OH is 1. The number of nitrogens with two attached hydrogens (primary N) is 1. The third-order valence-electron chi connectivity index (χ3n) is 1.64. The van der Waals surface area contributed by atoms with Gasteiger partial charge in [-0.15, -0.1) is 0 Å². The highest BCUT2D eigenvalue weighted by atomic mass is 16.3. The van der Waals surface area contributed by atoms with E-state index in [1.54, 1.807) is 12.1 Å². The molecule has 1 rings (SSSR count). The van der Waals surface area contributed by atoms with Crippen molar-refractivity contribution in [1.82, 2.24) is 0 Å². The Morgan fingerprint density at radius 3 is 2.77 bits per heavy atom. The second-order valence-electron chi connectivity index (χ2n) is 2.64. The molecule has 0 unspecified atom stereocenters. The summed E-state index contributed by atoms with van der Waals surface area (Å²) >= 11 is 0. The number of carbonyl (C=O) groups excluding carboxylic acids is 1. The Morgan fingerprint density at radius 1 is 1.46 bits per heavy atom. The van der Waals surface area contributed by atoms with Crippen LogP contribution in [0, 0.1) is 0 Å². The van der Waals surface area contributed by atoms with Crippen LogP contribution < -0.4 is 11.1 Å². The first kappa shape index (κ1) is 9.54. The van der Waals surface area contributed by atoms with E-state index < -0.39 is 5.91 Å². The van der Waals surface area contributed by atoms with E-state index in [1.807, 2.05) is 12.1 Å². The van der Waals surface area contributed by atoms with Gasteiger partial charge in [0.25, 0.3) is 0 Å². The minimum atomic E-state index is -0.423. The molecule has 4 nitrogen and oxygen atoms in total. The molecule has 1 aromatic rings. The van der Waals surface area contributed by atoms with Gasteiger partial charge in [0.1, 0.15) is 0 Å². The lowest BCUT2D eigenvalue weighted by molar-refractivity contribution is -0.116. The van der Waals surface area contributed by atoms with E-state index >= 15 is 0 Å². The van der Waals surface area contributed by atoms with Crippen molar-refractivity contribution in [3.63, 3.8) is 0 Å². The van der Waals surface area contributed by atoms with E-state index in [-0.39, 0.29) is 13.2 Å². The first-order valence-corrected chi connectivity index (χ1v) is 3.95. The zero-order chi connectivity index (χ0) is 9.68. The minimum Gasteiger partial charge on any atom is -0.392 e. The van der Waals surface area contributed by atoms with Gasteiger partial charge < -0.3 is 16.2 Å². The summed E-state index contributed by atoms with van der Waals surface area (Å²) in [6, 6.07) is 7.21. The van der Waals surface area contributed by atoms with Crippen LogP contribution in [-0.2, 0) is 11.4 Å². The van der Waals surface area contributed by atoms with Crippen LogP contribution >= 0.6 is 0 Å². The Kier molecular flexibility index (Phi) is 3.28. The number of rotatable bonds is 4. The van der Waals surface area contributed by atoms with Gasteiger partial charge in [0.15, 0.2) is 0 Å². The predicted molar refractivity (Wildman–Crippen MR) is 50.0 cm³/mol. The quantitative estimate of drug-likeness (QED) is 0.614. The van der Waals surface area contributed by atoms with Gasteiger partial charge in [-0.2, -0.15) is 0 Å². The number of hydrogen-bond acceptors (Lipinski definition) is 3. The number of carbonyl (C=O) groups is 1. The zero-order valence-electron chi connectivity index (χ0n) is 7.16. The lowest BCUT2D eigenvalue weighted by Gasteiger charge is -2.07. The largest absolute Gasteiger partial charge is 0.392 e. The summed E-state index contributed by atoms with van der Waals surface area (Å²) in [6.45, 7) is 0.0267. The molecule has 0 heterocycles. The fourth-order valence-electron chi connectivity index (χ4n) is 1.01. The third-order valence-corrected chi connectivity index (χ3v) is 1.64. The van der Waals surface area contributed by atoms with Crippen molar-refractivity contribution in [2.45, 2.75) is 6.61 Å². The van der Waals surface area contributed by atoms with E-state index in [2.05, 4.69) is 5.32 Å². The van der Waals surface area contributed by atoms with Gasteiger partial charge in [0, 0.05) is 11.3 Å². The molecular weight excluding hydrogens is 168 g/mol. The molecule has 0 saturated heterocycles. The molecule has 1 amide bonds. The lowest BCUT2D eigenvalue weighted by Crippen LogP contribution is -2.22. The monoisotopic (exact) mass is 180 g/mol. The predicted octanol–water partition coefficient (Wildman–Crippen LogP) is 0.0761. The fourth-order valence-corrected chi connectivity index (χ4v) is 1.01. The molecule has 0 spiro atoms. The van der Waals surface area contributed by atoms with E-state index in [9.17, 15) is 4.79 Å². The summed E-state index contributed by atoms with van der Waals surface area (Å²) in [5.41, 5.74) is 6.46. The first-order valence-electron chi connectivity index (χ1n) is 3.95. The van der Waals surface area contributed by atoms with Crippen LogP contribution in [0.5, 0.6) is 0 Å². The Morgan fingerprint density at radius 2 is 2.15 bits per heavy atom. The van der Waals surface area contributed by atoms with Gasteiger partial charge in [-0.25, -0.2) is 0 Å². The van der Waals surface area contributed by atoms with E-state index in [1.165, 1.54) is 0 Å². The molecule has 0 atom stereocenters. The summed E-state index contributed by atoms with van der Waals surface area (Å²) in [6.07, 6.45) is 0. The highest BCUT2D eigenvalue weighted by molar-refractivity contribution is 5.79. The van der Waals surface area contributed by atoms with Crippen molar-refractivity contribution in [1.29, 1.82) is 0 Å². The number of para-hydroxylation sites is 1. The molecule has 4 heteroatoms. The zero-order valence-corrected chi connectivity index (χ0v) is 7.16. The van der Waals surface area contributed by atoms with Crippen LogP contribution in [0.3, 0.4) is 0 Å². The van der Waals surface area contributed by atoms with Crippen molar-refractivity contribution in [3.8, 4) is 0 Å². The molecule has 1 aromatic carbocycles. The van der Waals surface area contributed by atoms with Crippen molar-refractivity contribution < 1.29 is 9.90 Å². The van der Waals surface area contributed by atoms with Gasteiger partial charge in [-0.05, 0) is 6.07 Å². The molecule has 0 radical (unpaired) electrons. The first-order chi connectivity index (χ1) is 6.24. The molecule has 4 N–H and O–H groups in total. The number of anilines is 1. The number of benzene rings is 1. The minimum absolute atomic E-state index is 0.0536. The molecule has 0 aromatic heterocycles. The molecule has 0 aliphatic carbocycles. The van der Waals surface area contributed by atoms with Gasteiger partial charge >= 0.3 is 0 Å². The Labute approximate surface area is 76.4 Å². The highest BCUT2D eigenvalue weighted by Crippen LogP contribution is 2.13. The van der Waals surface area contributed by atoms with Crippen LogP contribution in [0.4, 0.5) is 5.69 Å². The van der Waals surface area contributed by atoms with E-state index in [0.29, 0.717) is 0 Å². The number of nitrogens with one attached hydrogen (secondary N) is 1. The smallest absolute Gasteiger partial charge is 0.236 e. The van der Waals surface area contributed by atoms with Crippen LogP contribution in [0.25, 0.3) is 0 Å². The van der Waals surface area contributed by atoms with Crippen molar-refractivity contribution in [2.24, 2.45) is 5.73 Å². The molecule has 0 fully saturated rings. The molecule has 0 saturated carbocycles. The normalized spacial score (nSPS) is 9.62. The average Bonchev–Trinajstić information content (AvgIpc) is 2.15. The lowest BCUT2D eigenvalue weighted by atomic mass is 10.2. The summed E-state index contributed by atoms with van der Waals surface area (Å²) in [5, 5.41) is 11.8. The number of aliphatic hydroxyl groups is 1. The summed E-state index contributed by atoms with van der Waals surface area (Å²) in [4.78, 5) is 10.5.